The number of amides is 1. The molecule has 9 nitrogen and oxygen atoms in total. The summed E-state index contributed by atoms with van der Waals surface area (Å²) < 4.78 is 12.3. The number of esters is 2. The third-order valence-electron chi connectivity index (χ3n) is 5.69. The Bertz CT molecular complexity index is 1470. The van der Waals surface area contributed by atoms with Gasteiger partial charge in [-0.05, 0) is 44.9 Å². The number of benzene rings is 1. The van der Waals surface area contributed by atoms with Crippen molar-refractivity contribution in [2.75, 3.05) is 18.5 Å². The second kappa shape index (κ2) is 11.3. The predicted octanol–water partition coefficient (Wildman–Crippen LogP) is 5.48. The van der Waals surface area contributed by atoms with Gasteiger partial charge in [-0.25, -0.2) is 14.6 Å². The molecule has 4 aromatic rings. The van der Waals surface area contributed by atoms with Gasteiger partial charge in [-0.3, -0.25) is 9.48 Å². The summed E-state index contributed by atoms with van der Waals surface area (Å²) >= 11 is 0.995. The van der Waals surface area contributed by atoms with Gasteiger partial charge in [-0.15, -0.1) is 11.3 Å². The Labute approximate surface area is 218 Å². The second-order valence-electron chi connectivity index (χ2n) is 8.23. The second-order valence-corrected chi connectivity index (χ2v) is 9.25. The van der Waals surface area contributed by atoms with Crippen molar-refractivity contribution in [1.82, 2.24) is 14.8 Å². The molecule has 192 valence electrons. The monoisotopic (exact) mass is 520 g/mol. The standard InChI is InChI=1S/C27H28N4O5S/c1-5-12-36-26(33)22-16(4)23(27(34)35-7-3)37-25(22)30-24(32)19-13-21(17-14-28-31(6-2)15-17)29-20-11-9-8-10-18(19)20/h8-11,13-15H,5-7,12H2,1-4H3,(H,30,32). The van der Waals surface area contributed by atoms with E-state index >= 15 is 0 Å². The molecule has 0 spiro atoms. The SMILES string of the molecule is CCCOC(=O)c1c(NC(=O)c2cc(-c3cnn(CC)c3)nc3ccccc23)sc(C(=O)OCC)c1C. The first-order chi connectivity index (χ1) is 17.9. The van der Waals surface area contributed by atoms with Crippen molar-refractivity contribution in [3.05, 3.63) is 64.3 Å². The van der Waals surface area contributed by atoms with Crippen LogP contribution in [-0.4, -0.2) is 45.8 Å². The normalized spacial score (nSPS) is 10.9. The minimum Gasteiger partial charge on any atom is -0.462 e. The van der Waals surface area contributed by atoms with E-state index in [1.54, 1.807) is 30.8 Å². The van der Waals surface area contributed by atoms with Crippen molar-refractivity contribution in [1.29, 1.82) is 0 Å². The summed E-state index contributed by atoms with van der Waals surface area (Å²) in [5.41, 5.74) is 2.96. The smallest absolute Gasteiger partial charge is 0.348 e. The molecule has 0 saturated carbocycles. The van der Waals surface area contributed by atoms with Crippen molar-refractivity contribution < 1.29 is 23.9 Å². The fourth-order valence-electron chi connectivity index (χ4n) is 3.86. The molecule has 37 heavy (non-hydrogen) atoms. The average Bonchev–Trinajstić information content (AvgIpc) is 3.51. The Morgan fingerprint density at radius 3 is 2.57 bits per heavy atom. The molecule has 0 aliphatic rings. The van der Waals surface area contributed by atoms with Crippen LogP contribution in [0.2, 0.25) is 0 Å². The van der Waals surface area contributed by atoms with E-state index in [-0.39, 0.29) is 28.7 Å². The number of hydrogen-bond donors (Lipinski definition) is 1. The van der Waals surface area contributed by atoms with Crippen LogP contribution in [0.5, 0.6) is 0 Å². The van der Waals surface area contributed by atoms with Gasteiger partial charge in [0.25, 0.3) is 5.91 Å². The number of nitrogens with zero attached hydrogens (tertiary/aromatic N) is 3. The first-order valence-corrected chi connectivity index (χ1v) is 12.9. The molecule has 0 aliphatic heterocycles. The van der Waals surface area contributed by atoms with Crippen LogP contribution in [0.4, 0.5) is 5.00 Å². The maximum absolute atomic E-state index is 13.7. The van der Waals surface area contributed by atoms with E-state index in [1.165, 1.54) is 0 Å². The van der Waals surface area contributed by atoms with Crippen LogP contribution in [0.1, 0.15) is 63.1 Å². The molecular formula is C27H28N4O5S. The van der Waals surface area contributed by atoms with Gasteiger partial charge in [0.1, 0.15) is 9.88 Å². The third-order valence-corrected chi connectivity index (χ3v) is 6.88. The minimum absolute atomic E-state index is 0.151. The topological polar surface area (TPSA) is 112 Å². The van der Waals surface area contributed by atoms with Crippen LogP contribution in [0.15, 0.2) is 42.7 Å². The zero-order valence-corrected chi connectivity index (χ0v) is 22.0. The molecule has 0 atom stereocenters. The molecule has 10 heteroatoms. The molecule has 3 aromatic heterocycles. The summed E-state index contributed by atoms with van der Waals surface area (Å²) in [6, 6.07) is 9.04. The lowest BCUT2D eigenvalue weighted by Crippen LogP contribution is -2.16. The summed E-state index contributed by atoms with van der Waals surface area (Å²) in [6.45, 7) is 8.34. The van der Waals surface area contributed by atoms with Crippen molar-refractivity contribution in [2.24, 2.45) is 0 Å². The van der Waals surface area contributed by atoms with E-state index in [9.17, 15) is 14.4 Å². The van der Waals surface area contributed by atoms with Gasteiger partial charge >= 0.3 is 11.9 Å². The molecule has 0 bridgehead atoms. The Kier molecular flexibility index (Phi) is 7.98. The lowest BCUT2D eigenvalue weighted by molar-refractivity contribution is 0.0506. The van der Waals surface area contributed by atoms with Gasteiger partial charge < -0.3 is 14.8 Å². The molecule has 1 N–H and O–H groups in total. The number of aromatic nitrogens is 3. The summed E-state index contributed by atoms with van der Waals surface area (Å²) in [4.78, 5) is 44.1. The fraction of sp³-hybridized carbons (Fsp3) is 0.296. The fourth-order valence-corrected chi connectivity index (χ4v) is 4.94. The van der Waals surface area contributed by atoms with Gasteiger partial charge in [0.2, 0.25) is 0 Å². The third kappa shape index (κ3) is 5.39. The number of pyridine rings is 1. The van der Waals surface area contributed by atoms with Gasteiger partial charge in [-0.2, -0.15) is 5.10 Å². The van der Waals surface area contributed by atoms with Crippen molar-refractivity contribution in [3.63, 3.8) is 0 Å². The largest absolute Gasteiger partial charge is 0.462 e. The van der Waals surface area contributed by atoms with E-state index in [4.69, 9.17) is 14.5 Å². The molecule has 4 rings (SSSR count). The lowest BCUT2D eigenvalue weighted by Gasteiger charge is -2.11. The number of fused-ring (bicyclic) bond motifs is 1. The predicted molar refractivity (Wildman–Crippen MR) is 142 cm³/mol. The Morgan fingerprint density at radius 2 is 1.86 bits per heavy atom. The molecule has 0 unspecified atom stereocenters. The lowest BCUT2D eigenvalue weighted by atomic mass is 10.0. The first-order valence-electron chi connectivity index (χ1n) is 12.1. The van der Waals surface area contributed by atoms with E-state index in [0.29, 0.717) is 40.7 Å². The molecule has 1 aromatic carbocycles. The van der Waals surface area contributed by atoms with E-state index in [0.717, 1.165) is 16.9 Å². The molecular weight excluding hydrogens is 492 g/mol. The molecule has 1 amide bonds. The van der Waals surface area contributed by atoms with Crippen molar-refractivity contribution in [2.45, 2.75) is 40.7 Å². The van der Waals surface area contributed by atoms with Gasteiger partial charge in [0.15, 0.2) is 0 Å². The van der Waals surface area contributed by atoms with Gasteiger partial charge in [0, 0.05) is 23.7 Å². The van der Waals surface area contributed by atoms with Crippen LogP contribution in [0.3, 0.4) is 0 Å². The average molecular weight is 521 g/mol. The molecule has 3 heterocycles. The summed E-state index contributed by atoms with van der Waals surface area (Å²) in [6.07, 6.45) is 4.22. The highest BCUT2D eigenvalue weighted by Crippen LogP contribution is 2.35. The zero-order valence-electron chi connectivity index (χ0n) is 21.2. The number of nitrogens with one attached hydrogen (secondary N) is 1. The maximum atomic E-state index is 13.7. The number of rotatable bonds is 9. The number of anilines is 1. The van der Waals surface area contributed by atoms with Crippen LogP contribution in [0, 0.1) is 6.92 Å². The summed E-state index contributed by atoms with van der Waals surface area (Å²) in [5.74, 6) is -1.60. The highest BCUT2D eigenvalue weighted by molar-refractivity contribution is 7.18. The number of ether oxygens (including phenoxy) is 2. The van der Waals surface area contributed by atoms with Crippen molar-refractivity contribution >= 4 is 45.1 Å². The maximum Gasteiger partial charge on any atom is 0.348 e. The number of carbonyl (C=O) groups excluding carboxylic acids is 3. The Morgan fingerprint density at radius 1 is 1.08 bits per heavy atom. The molecule has 0 radical (unpaired) electrons. The first kappa shape index (κ1) is 26.0. The van der Waals surface area contributed by atoms with Crippen LogP contribution in [-0.2, 0) is 16.0 Å². The number of para-hydroxylation sites is 1. The number of hydrogen-bond acceptors (Lipinski definition) is 8. The van der Waals surface area contributed by atoms with Crippen molar-refractivity contribution in [3.8, 4) is 11.3 Å². The highest BCUT2D eigenvalue weighted by atomic mass is 32.1. The zero-order chi connectivity index (χ0) is 26.5. The van der Waals surface area contributed by atoms with Gasteiger partial charge in [-0.1, -0.05) is 25.1 Å². The number of aryl methyl sites for hydroxylation is 1. The molecule has 0 fully saturated rings. The van der Waals surface area contributed by atoms with Gasteiger partial charge in [0.05, 0.1) is 41.7 Å². The quantitative estimate of drug-likeness (QED) is 0.291. The van der Waals surface area contributed by atoms with Crippen LogP contribution >= 0.6 is 11.3 Å². The van der Waals surface area contributed by atoms with Crippen LogP contribution in [0.25, 0.3) is 22.2 Å². The summed E-state index contributed by atoms with van der Waals surface area (Å²) in [5, 5.41) is 8.05. The summed E-state index contributed by atoms with van der Waals surface area (Å²) in [7, 11) is 0. The molecule has 0 aliphatic carbocycles. The highest BCUT2D eigenvalue weighted by Gasteiger charge is 2.28. The molecule has 0 saturated heterocycles. The number of thiophene rings is 1. The number of carbonyl (C=O) groups is 3. The van der Waals surface area contributed by atoms with E-state index < -0.39 is 17.8 Å². The minimum atomic E-state index is -0.603. The van der Waals surface area contributed by atoms with E-state index in [2.05, 4.69) is 10.4 Å². The Hall–Kier alpha value is -4.05. The van der Waals surface area contributed by atoms with Crippen LogP contribution < -0.4 is 5.32 Å². The Balaban J connectivity index is 1.78. The van der Waals surface area contributed by atoms with E-state index in [1.807, 2.05) is 44.3 Å².